The van der Waals surface area contributed by atoms with Crippen LogP contribution in [-0.2, 0) is 9.59 Å². The van der Waals surface area contributed by atoms with Crippen molar-refractivity contribution in [2.45, 2.75) is 12.8 Å². The number of likely N-dealkylation sites (tertiary alicyclic amines) is 1. The van der Waals surface area contributed by atoms with Gasteiger partial charge in [0.1, 0.15) is 0 Å². The lowest BCUT2D eigenvalue weighted by Crippen LogP contribution is -2.35. The van der Waals surface area contributed by atoms with Gasteiger partial charge in [-0.25, -0.2) is 4.90 Å². The third-order valence-electron chi connectivity index (χ3n) is 3.38. The highest BCUT2D eigenvalue weighted by atomic mass is 16.2. The molecular weight excluding hydrogens is 294 g/mol. The van der Waals surface area contributed by atoms with Crippen LogP contribution in [0, 0.1) is 0 Å². The van der Waals surface area contributed by atoms with Crippen molar-refractivity contribution < 1.29 is 14.4 Å². The highest BCUT2D eigenvalue weighted by Crippen LogP contribution is 2.21. The molecule has 6 heteroatoms. The molecule has 0 atom stereocenters. The highest BCUT2D eigenvalue weighted by Gasteiger charge is 2.34. The van der Waals surface area contributed by atoms with Crippen LogP contribution in [0.3, 0.4) is 0 Å². The average Bonchev–Trinajstić information content (AvgIpc) is 2.92. The minimum Gasteiger partial charge on any atom is -0.274 e. The van der Waals surface area contributed by atoms with Crippen LogP contribution in [0.5, 0.6) is 0 Å². The Balaban J connectivity index is 1.82. The molecule has 1 aliphatic heterocycles. The number of hydrogen-bond donors (Lipinski definition) is 0. The summed E-state index contributed by atoms with van der Waals surface area (Å²) in [6.07, 6.45) is 0.163. The number of carbonyl (C=O) groups is 3. The maximum Gasteiger partial charge on any atom is 0.267 e. The van der Waals surface area contributed by atoms with Crippen molar-refractivity contribution in [3.63, 3.8) is 0 Å². The standard InChI is InChI=1S/C17H13N3O3/c21-15-9-10-16(22)20(15)17(23)12-5-4-8-14(11-12)19-18-13-6-2-1-3-7-13/h1-8,11H,9-10H2. The number of amides is 3. The number of hydrogen-bond acceptors (Lipinski definition) is 5. The Morgan fingerprint density at radius 2 is 1.43 bits per heavy atom. The molecule has 1 aliphatic rings. The first-order chi connectivity index (χ1) is 11.1. The number of carbonyl (C=O) groups excluding carboxylic acids is 3. The van der Waals surface area contributed by atoms with Crippen molar-refractivity contribution in [2.75, 3.05) is 0 Å². The highest BCUT2D eigenvalue weighted by molar-refractivity contribution is 6.19. The first-order valence-electron chi connectivity index (χ1n) is 7.12. The zero-order valence-electron chi connectivity index (χ0n) is 12.2. The molecule has 2 aromatic rings. The summed E-state index contributed by atoms with van der Waals surface area (Å²) in [5, 5.41) is 8.14. The number of nitrogens with zero attached hydrogens (tertiary/aromatic N) is 3. The van der Waals surface area contributed by atoms with Crippen LogP contribution in [0.25, 0.3) is 0 Å². The van der Waals surface area contributed by atoms with Gasteiger partial charge < -0.3 is 0 Å². The van der Waals surface area contributed by atoms with Crippen molar-refractivity contribution in [1.29, 1.82) is 0 Å². The quantitative estimate of drug-likeness (QED) is 0.644. The van der Waals surface area contributed by atoms with E-state index in [9.17, 15) is 14.4 Å². The minimum absolute atomic E-state index is 0.0813. The van der Waals surface area contributed by atoms with Crippen LogP contribution < -0.4 is 0 Å². The van der Waals surface area contributed by atoms with E-state index >= 15 is 0 Å². The molecule has 0 N–H and O–H groups in total. The van der Waals surface area contributed by atoms with Gasteiger partial charge in [-0.05, 0) is 30.3 Å². The van der Waals surface area contributed by atoms with E-state index in [1.54, 1.807) is 30.3 Å². The largest absolute Gasteiger partial charge is 0.274 e. The summed E-state index contributed by atoms with van der Waals surface area (Å²) in [5.41, 5.74) is 1.39. The second-order valence-electron chi connectivity index (χ2n) is 5.01. The predicted molar refractivity (Wildman–Crippen MR) is 82.5 cm³/mol. The SMILES string of the molecule is O=C1CCC(=O)N1C(=O)c1cccc(N=Nc2ccccc2)c1. The lowest BCUT2D eigenvalue weighted by molar-refractivity contribution is -0.134. The fourth-order valence-electron chi connectivity index (χ4n) is 2.24. The summed E-state index contributed by atoms with van der Waals surface area (Å²) in [6.45, 7) is 0. The van der Waals surface area contributed by atoms with Gasteiger partial charge in [0.2, 0.25) is 11.8 Å². The molecule has 0 aliphatic carbocycles. The second kappa shape index (κ2) is 6.31. The zero-order chi connectivity index (χ0) is 16.2. The molecule has 2 aromatic carbocycles. The third kappa shape index (κ3) is 3.21. The van der Waals surface area contributed by atoms with Gasteiger partial charge in [0.05, 0.1) is 11.4 Å². The van der Waals surface area contributed by atoms with Gasteiger partial charge in [0, 0.05) is 18.4 Å². The summed E-state index contributed by atoms with van der Waals surface area (Å²) in [7, 11) is 0. The molecule has 0 unspecified atom stereocenters. The third-order valence-corrected chi connectivity index (χ3v) is 3.38. The molecule has 0 aromatic heterocycles. The first kappa shape index (κ1) is 14.8. The lowest BCUT2D eigenvalue weighted by Gasteiger charge is -2.11. The smallest absolute Gasteiger partial charge is 0.267 e. The van der Waals surface area contributed by atoms with Crippen LogP contribution in [-0.4, -0.2) is 22.6 Å². The van der Waals surface area contributed by atoms with E-state index in [2.05, 4.69) is 10.2 Å². The summed E-state index contributed by atoms with van der Waals surface area (Å²) in [6, 6.07) is 15.6. The Morgan fingerprint density at radius 3 is 2.13 bits per heavy atom. The van der Waals surface area contributed by atoms with Crippen molar-refractivity contribution in [1.82, 2.24) is 4.90 Å². The summed E-state index contributed by atoms with van der Waals surface area (Å²) in [4.78, 5) is 36.3. The monoisotopic (exact) mass is 307 g/mol. The Labute approximate surface area is 132 Å². The predicted octanol–water partition coefficient (Wildman–Crippen LogP) is 3.39. The first-order valence-corrected chi connectivity index (χ1v) is 7.12. The van der Waals surface area contributed by atoms with E-state index in [-0.39, 0.29) is 18.4 Å². The molecule has 1 fully saturated rings. The maximum absolute atomic E-state index is 12.3. The van der Waals surface area contributed by atoms with Crippen LogP contribution >= 0.6 is 0 Å². The Bertz CT molecular complexity index is 784. The van der Waals surface area contributed by atoms with Gasteiger partial charge in [0.15, 0.2) is 0 Å². The normalized spacial score (nSPS) is 14.7. The van der Waals surface area contributed by atoms with Gasteiger partial charge in [0.25, 0.3) is 5.91 Å². The Morgan fingerprint density at radius 1 is 0.826 bits per heavy atom. The van der Waals surface area contributed by atoms with Gasteiger partial charge >= 0.3 is 0 Å². The van der Waals surface area contributed by atoms with Crippen molar-refractivity contribution >= 4 is 29.1 Å². The van der Waals surface area contributed by atoms with E-state index < -0.39 is 17.7 Å². The van der Waals surface area contributed by atoms with E-state index in [0.29, 0.717) is 16.3 Å². The zero-order valence-corrected chi connectivity index (χ0v) is 12.2. The molecule has 1 heterocycles. The summed E-state index contributed by atoms with van der Waals surface area (Å²) in [5.74, 6) is -1.54. The number of azo groups is 1. The van der Waals surface area contributed by atoms with Crippen LogP contribution in [0.4, 0.5) is 11.4 Å². The Hall–Kier alpha value is -3.15. The van der Waals surface area contributed by atoms with Gasteiger partial charge in [-0.15, -0.1) is 0 Å². The molecule has 0 bridgehead atoms. The molecule has 3 amide bonds. The van der Waals surface area contributed by atoms with Crippen LogP contribution in [0.2, 0.25) is 0 Å². The number of imide groups is 3. The molecule has 0 saturated carbocycles. The molecule has 1 saturated heterocycles. The maximum atomic E-state index is 12.3. The fraction of sp³-hybridized carbons (Fsp3) is 0.118. The average molecular weight is 307 g/mol. The van der Waals surface area contributed by atoms with E-state index in [1.165, 1.54) is 6.07 Å². The summed E-state index contributed by atoms with van der Waals surface area (Å²) < 4.78 is 0. The Kier molecular flexibility index (Phi) is 4.05. The molecule has 0 radical (unpaired) electrons. The topological polar surface area (TPSA) is 79.2 Å². The molecule has 3 rings (SSSR count). The van der Waals surface area contributed by atoms with Crippen molar-refractivity contribution in [3.8, 4) is 0 Å². The molecular formula is C17H13N3O3. The van der Waals surface area contributed by atoms with E-state index in [1.807, 2.05) is 18.2 Å². The van der Waals surface area contributed by atoms with E-state index in [4.69, 9.17) is 0 Å². The lowest BCUT2D eigenvalue weighted by atomic mass is 10.2. The fourth-order valence-corrected chi connectivity index (χ4v) is 2.24. The molecule has 114 valence electrons. The molecule has 23 heavy (non-hydrogen) atoms. The number of rotatable bonds is 3. The van der Waals surface area contributed by atoms with Crippen LogP contribution in [0.1, 0.15) is 23.2 Å². The second-order valence-corrected chi connectivity index (χ2v) is 5.01. The van der Waals surface area contributed by atoms with Crippen LogP contribution in [0.15, 0.2) is 64.8 Å². The number of benzene rings is 2. The summed E-state index contributed by atoms with van der Waals surface area (Å²) >= 11 is 0. The van der Waals surface area contributed by atoms with Gasteiger partial charge in [-0.2, -0.15) is 10.2 Å². The van der Waals surface area contributed by atoms with E-state index in [0.717, 1.165) is 0 Å². The van der Waals surface area contributed by atoms with Crippen molar-refractivity contribution in [3.05, 3.63) is 60.2 Å². The van der Waals surface area contributed by atoms with Gasteiger partial charge in [-0.1, -0.05) is 24.3 Å². The molecule has 6 nitrogen and oxygen atoms in total. The van der Waals surface area contributed by atoms with Gasteiger partial charge in [-0.3, -0.25) is 14.4 Å². The molecule has 0 spiro atoms. The minimum atomic E-state index is -0.616. The van der Waals surface area contributed by atoms with Crippen molar-refractivity contribution in [2.24, 2.45) is 10.2 Å².